The molecule has 0 spiro atoms. The topological polar surface area (TPSA) is 48.0 Å². The molecule has 5 heteroatoms. The second-order valence-electron chi connectivity index (χ2n) is 7.65. The van der Waals surface area contributed by atoms with Crippen LogP contribution >= 0.6 is 0 Å². The molecule has 0 saturated heterocycles. The average Bonchev–Trinajstić information content (AvgIpc) is 2.75. The van der Waals surface area contributed by atoms with Gasteiger partial charge in [-0.2, -0.15) is 0 Å². The van der Waals surface area contributed by atoms with Crippen LogP contribution in [0.3, 0.4) is 0 Å². The molecular formula is C24H31NO4. The van der Waals surface area contributed by atoms with E-state index >= 15 is 0 Å². The van der Waals surface area contributed by atoms with Crippen molar-refractivity contribution in [2.24, 2.45) is 0 Å². The van der Waals surface area contributed by atoms with E-state index in [1.165, 1.54) is 11.1 Å². The first kappa shape index (κ1) is 21.0. The van der Waals surface area contributed by atoms with E-state index in [1.54, 1.807) is 14.2 Å². The number of amides is 1. The Bertz CT molecular complexity index is 845. The molecule has 1 atom stereocenters. The van der Waals surface area contributed by atoms with Gasteiger partial charge in [0.2, 0.25) is 5.91 Å². The van der Waals surface area contributed by atoms with Gasteiger partial charge in [0.25, 0.3) is 0 Å². The number of rotatable bonds is 7. The third-order valence-electron chi connectivity index (χ3n) is 5.58. The minimum atomic E-state index is -0.157. The van der Waals surface area contributed by atoms with Crippen LogP contribution < -0.4 is 14.2 Å². The van der Waals surface area contributed by atoms with Gasteiger partial charge in [0, 0.05) is 13.0 Å². The number of carbonyl (C=O) groups excluding carboxylic acids is 1. The van der Waals surface area contributed by atoms with Crippen LogP contribution in [0.15, 0.2) is 36.4 Å². The zero-order chi connectivity index (χ0) is 21.0. The van der Waals surface area contributed by atoms with Gasteiger partial charge in [0.15, 0.2) is 11.5 Å². The summed E-state index contributed by atoms with van der Waals surface area (Å²) in [6.45, 7) is 7.31. The van der Waals surface area contributed by atoms with E-state index in [1.807, 2.05) is 36.1 Å². The summed E-state index contributed by atoms with van der Waals surface area (Å²) in [5.41, 5.74) is 3.51. The van der Waals surface area contributed by atoms with Crippen LogP contribution in [0, 0.1) is 0 Å². The molecule has 1 heterocycles. The van der Waals surface area contributed by atoms with Gasteiger partial charge in [0.05, 0.1) is 20.3 Å². The number of fused-ring (bicyclic) bond motifs is 1. The summed E-state index contributed by atoms with van der Waals surface area (Å²) in [7, 11) is 3.27. The molecule has 1 unspecified atom stereocenters. The molecular weight excluding hydrogens is 366 g/mol. The van der Waals surface area contributed by atoms with E-state index < -0.39 is 0 Å². The maximum absolute atomic E-state index is 12.6. The van der Waals surface area contributed by atoms with Crippen LogP contribution in [0.5, 0.6) is 17.2 Å². The van der Waals surface area contributed by atoms with Gasteiger partial charge in [-0.1, -0.05) is 32.9 Å². The Hall–Kier alpha value is -2.69. The van der Waals surface area contributed by atoms with Gasteiger partial charge in [-0.3, -0.25) is 4.79 Å². The van der Waals surface area contributed by atoms with E-state index in [0.29, 0.717) is 37.0 Å². The van der Waals surface area contributed by atoms with Crippen molar-refractivity contribution in [3.8, 4) is 17.2 Å². The van der Waals surface area contributed by atoms with Crippen molar-refractivity contribution in [2.45, 2.75) is 45.6 Å². The molecule has 2 aromatic carbocycles. The normalized spacial score (nSPS) is 15.8. The van der Waals surface area contributed by atoms with Crippen molar-refractivity contribution in [1.82, 2.24) is 4.90 Å². The molecule has 0 aromatic heterocycles. The Kier molecular flexibility index (Phi) is 6.68. The number of hydrogen-bond acceptors (Lipinski definition) is 4. The Morgan fingerprint density at radius 3 is 2.34 bits per heavy atom. The van der Waals surface area contributed by atoms with Gasteiger partial charge < -0.3 is 19.1 Å². The van der Waals surface area contributed by atoms with Gasteiger partial charge in [-0.05, 0) is 53.3 Å². The van der Waals surface area contributed by atoms with Gasteiger partial charge in [-0.15, -0.1) is 0 Å². The summed E-state index contributed by atoms with van der Waals surface area (Å²) in [6.07, 6.45) is 1.27. The molecule has 0 aliphatic carbocycles. The van der Waals surface area contributed by atoms with Crippen molar-refractivity contribution < 1.29 is 19.0 Å². The van der Waals surface area contributed by atoms with Gasteiger partial charge >= 0.3 is 0 Å². The highest BCUT2D eigenvalue weighted by molar-refractivity contribution is 5.77. The molecule has 3 rings (SSSR count). The summed E-state index contributed by atoms with van der Waals surface area (Å²) < 4.78 is 17.1. The molecule has 29 heavy (non-hydrogen) atoms. The smallest absolute Gasteiger partial charge is 0.222 e. The highest BCUT2D eigenvalue weighted by Gasteiger charge is 2.32. The third-order valence-corrected chi connectivity index (χ3v) is 5.58. The second kappa shape index (κ2) is 9.21. The highest BCUT2D eigenvalue weighted by Crippen LogP contribution is 2.38. The van der Waals surface area contributed by atoms with Crippen LogP contribution in [0.25, 0.3) is 0 Å². The maximum Gasteiger partial charge on any atom is 0.222 e. The number of carbonyl (C=O) groups is 1. The number of benzene rings is 2. The first-order chi connectivity index (χ1) is 14.0. The van der Waals surface area contributed by atoms with E-state index in [4.69, 9.17) is 14.2 Å². The lowest BCUT2D eigenvalue weighted by atomic mass is 9.92. The number of hydrogen-bond donors (Lipinski definition) is 0. The van der Waals surface area contributed by atoms with E-state index in [9.17, 15) is 4.79 Å². The molecule has 0 fully saturated rings. The summed E-state index contributed by atoms with van der Waals surface area (Å²) in [5.74, 6) is 2.81. The fourth-order valence-corrected chi connectivity index (χ4v) is 3.83. The minimum Gasteiger partial charge on any atom is -0.493 e. The Morgan fingerprint density at radius 2 is 1.76 bits per heavy atom. The number of nitrogens with zero attached hydrogens (tertiary/aromatic N) is 1. The lowest BCUT2D eigenvalue weighted by Crippen LogP contribution is -2.42. The largest absolute Gasteiger partial charge is 0.493 e. The molecule has 1 aliphatic heterocycles. The van der Waals surface area contributed by atoms with Crippen molar-refractivity contribution in [3.63, 3.8) is 0 Å². The molecule has 0 bridgehead atoms. The minimum absolute atomic E-state index is 0.134. The predicted octanol–water partition coefficient (Wildman–Crippen LogP) is 4.74. The van der Waals surface area contributed by atoms with Gasteiger partial charge in [-0.25, -0.2) is 0 Å². The summed E-state index contributed by atoms with van der Waals surface area (Å²) in [5, 5.41) is 0. The monoisotopic (exact) mass is 397 g/mol. The molecule has 1 amide bonds. The molecule has 2 aromatic rings. The first-order valence-corrected chi connectivity index (χ1v) is 10.3. The van der Waals surface area contributed by atoms with Crippen LogP contribution in [0.1, 0.15) is 55.8 Å². The van der Waals surface area contributed by atoms with Crippen molar-refractivity contribution >= 4 is 5.91 Å². The predicted molar refractivity (Wildman–Crippen MR) is 114 cm³/mol. The number of ether oxygens (including phenoxy) is 3. The molecule has 1 aliphatic rings. The lowest BCUT2D eigenvalue weighted by Gasteiger charge is -2.37. The molecule has 0 N–H and O–H groups in total. The van der Waals surface area contributed by atoms with Crippen molar-refractivity contribution in [1.29, 1.82) is 0 Å². The molecule has 156 valence electrons. The number of methoxy groups -OCH3 is 2. The quantitative estimate of drug-likeness (QED) is 0.677. The summed E-state index contributed by atoms with van der Waals surface area (Å²) >= 11 is 0. The van der Waals surface area contributed by atoms with Crippen molar-refractivity contribution in [3.05, 3.63) is 53.1 Å². The first-order valence-electron chi connectivity index (χ1n) is 10.3. The summed E-state index contributed by atoms with van der Waals surface area (Å²) in [4.78, 5) is 14.5. The van der Waals surface area contributed by atoms with E-state index in [2.05, 4.69) is 26.0 Å². The molecule has 5 nitrogen and oxygen atoms in total. The summed E-state index contributed by atoms with van der Waals surface area (Å²) in [6, 6.07) is 12.0. The second-order valence-corrected chi connectivity index (χ2v) is 7.65. The molecule has 0 radical (unpaired) electrons. The fraction of sp³-hybridized carbons (Fsp3) is 0.458. The lowest BCUT2D eigenvalue weighted by molar-refractivity contribution is -0.134. The zero-order valence-corrected chi connectivity index (χ0v) is 18.0. The van der Waals surface area contributed by atoms with E-state index in [-0.39, 0.29) is 11.9 Å². The zero-order valence-electron chi connectivity index (χ0n) is 18.0. The molecule has 0 saturated carbocycles. The van der Waals surface area contributed by atoms with Crippen LogP contribution in [0.2, 0.25) is 0 Å². The fourth-order valence-electron chi connectivity index (χ4n) is 3.83. The Labute approximate surface area is 173 Å². The van der Waals surface area contributed by atoms with Crippen LogP contribution in [-0.2, 0) is 11.2 Å². The van der Waals surface area contributed by atoms with Crippen LogP contribution in [-0.4, -0.2) is 38.2 Å². The van der Waals surface area contributed by atoms with Crippen LogP contribution in [0.4, 0.5) is 0 Å². The average molecular weight is 398 g/mol. The highest BCUT2D eigenvalue weighted by atomic mass is 16.5. The third kappa shape index (κ3) is 4.50. The maximum atomic E-state index is 12.6. The van der Waals surface area contributed by atoms with E-state index in [0.717, 1.165) is 17.7 Å². The SMILES string of the molecule is CCC(=O)N1CCc2cc(OC)c(OC)cc2C1COc1ccc(C(C)C)cc1. The Morgan fingerprint density at radius 1 is 1.10 bits per heavy atom. The van der Waals surface area contributed by atoms with Gasteiger partial charge in [0.1, 0.15) is 12.4 Å². The standard InChI is InChI=1S/C24H31NO4/c1-6-24(26)25-12-11-18-13-22(27-4)23(28-5)14-20(18)21(25)15-29-19-9-7-17(8-10-19)16(2)3/h7-10,13-14,16,21H,6,11-12,15H2,1-5H3. The van der Waals surface area contributed by atoms with Crippen molar-refractivity contribution in [2.75, 3.05) is 27.4 Å². The Balaban J connectivity index is 1.89.